The molecule has 1 N–H and O–H groups in total. The third-order valence-corrected chi connectivity index (χ3v) is 3.76. The molecule has 0 aromatic carbocycles. The van der Waals surface area contributed by atoms with Gasteiger partial charge in [0.15, 0.2) is 0 Å². The molecule has 1 aliphatic carbocycles. The first kappa shape index (κ1) is 13.8. The molecular formula is C15H29N. The first-order valence-electron chi connectivity index (χ1n) is 7.19. The second-order valence-electron chi connectivity index (χ2n) is 5.36. The van der Waals surface area contributed by atoms with Crippen molar-refractivity contribution in [2.24, 2.45) is 5.41 Å². The molecule has 94 valence electrons. The highest BCUT2D eigenvalue weighted by Crippen LogP contribution is 2.43. The summed E-state index contributed by atoms with van der Waals surface area (Å²) >= 11 is 0. The maximum absolute atomic E-state index is 3.30. The van der Waals surface area contributed by atoms with Crippen molar-refractivity contribution in [3.05, 3.63) is 12.2 Å². The third kappa shape index (κ3) is 4.69. The van der Waals surface area contributed by atoms with Crippen LogP contribution in [-0.4, -0.2) is 13.1 Å². The van der Waals surface area contributed by atoms with Crippen molar-refractivity contribution in [3.8, 4) is 0 Å². The zero-order valence-electron chi connectivity index (χ0n) is 11.2. The summed E-state index contributed by atoms with van der Waals surface area (Å²) in [6.07, 6.45) is 15.5. The van der Waals surface area contributed by atoms with E-state index < -0.39 is 0 Å². The van der Waals surface area contributed by atoms with Crippen molar-refractivity contribution < 1.29 is 0 Å². The number of rotatable bonds is 5. The van der Waals surface area contributed by atoms with Crippen molar-refractivity contribution in [2.45, 2.75) is 65.2 Å². The Kier molecular flexibility index (Phi) is 6.79. The second kappa shape index (κ2) is 7.89. The Morgan fingerprint density at radius 1 is 1.00 bits per heavy atom. The van der Waals surface area contributed by atoms with Crippen LogP contribution in [0.5, 0.6) is 0 Å². The topological polar surface area (TPSA) is 12.0 Å². The van der Waals surface area contributed by atoms with E-state index in [1.807, 2.05) is 0 Å². The van der Waals surface area contributed by atoms with E-state index in [1.54, 1.807) is 0 Å². The highest BCUT2D eigenvalue weighted by atomic mass is 15.0. The number of unbranched alkanes of at least 4 members (excludes halogenated alkanes) is 3. The lowest BCUT2D eigenvalue weighted by Crippen LogP contribution is -2.57. The monoisotopic (exact) mass is 223 g/mol. The minimum Gasteiger partial charge on any atom is -0.316 e. The maximum Gasteiger partial charge on any atom is 0.00202 e. The van der Waals surface area contributed by atoms with Gasteiger partial charge < -0.3 is 5.32 Å². The van der Waals surface area contributed by atoms with Gasteiger partial charge in [0, 0.05) is 13.1 Å². The van der Waals surface area contributed by atoms with E-state index in [2.05, 4.69) is 31.3 Å². The highest BCUT2D eigenvalue weighted by molar-refractivity contribution is 4.97. The molecule has 0 bridgehead atoms. The van der Waals surface area contributed by atoms with Gasteiger partial charge in [0.1, 0.15) is 0 Å². The van der Waals surface area contributed by atoms with E-state index >= 15 is 0 Å². The Labute approximate surface area is 102 Å². The molecule has 16 heavy (non-hydrogen) atoms. The lowest BCUT2D eigenvalue weighted by molar-refractivity contribution is 0.0603. The van der Waals surface area contributed by atoms with Crippen LogP contribution in [0.1, 0.15) is 65.2 Å². The molecule has 2 aliphatic rings. The van der Waals surface area contributed by atoms with E-state index in [0.717, 1.165) is 5.41 Å². The summed E-state index contributed by atoms with van der Waals surface area (Å²) in [5.74, 6) is 0. The third-order valence-electron chi connectivity index (χ3n) is 3.76. The lowest BCUT2D eigenvalue weighted by Gasteiger charge is -2.49. The normalized spacial score (nSPS) is 21.1. The summed E-state index contributed by atoms with van der Waals surface area (Å²) in [6, 6.07) is 0. The molecule has 1 spiro atoms. The quantitative estimate of drug-likeness (QED) is 0.541. The first-order valence-corrected chi connectivity index (χ1v) is 7.19. The Morgan fingerprint density at radius 2 is 1.69 bits per heavy atom. The summed E-state index contributed by atoms with van der Waals surface area (Å²) in [5, 5.41) is 3.30. The number of allylic oxidation sites excluding steroid dienone is 2. The van der Waals surface area contributed by atoms with Crippen molar-refractivity contribution in [1.82, 2.24) is 5.32 Å². The van der Waals surface area contributed by atoms with Crippen LogP contribution in [-0.2, 0) is 0 Å². The second-order valence-corrected chi connectivity index (χ2v) is 5.36. The summed E-state index contributed by atoms with van der Waals surface area (Å²) in [6.45, 7) is 7.07. The molecule has 1 heteroatoms. The Balaban J connectivity index is 0.000000163. The summed E-state index contributed by atoms with van der Waals surface area (Å²) < 4.78 is 0. The molecule has 1 saturated carbocycles. The average molecular weight is 223 g/mol. The zero-order valence-corrected chi connectivity index (χ0v) is 11.2. The fourth-order valence-corrected chi connectivity index (χ4v) is 2.23. The van der Waals surface area contributed by atoms with Crippen molar-refractivity contribution in [2.75, 3.05) is 13.1 Å². The number of hydrogen-bond acceptors (Lipinski definition) is 1. The predicted molar refractivity (Wildman–Crippen MR) is 72.7 cm³/mol. The molecule has 0 radical (unpaired) electrons. The Bertz CT molecular complexity index is 172. The maximum atomic E-state index is 3.30. The first-order chi connectivity index (χ1) is 7.83. The van der Waals surface area contributed by atoms with Crippen LogP contribution in [0, 0.1) is 5.41 Å². The molecule has 0 atom stereocenters. The van der Waals surface area contributed by atoms with Gasteiger partial charge in [0.2, 0.25) is 0 Å². The molecular weight excluding hydrogens is 194 g/mol. The van der Waals surface area contributed by atoms with E-state index in [9.17, 15) is 0 Å². The minimum absolute atomic E-state index is 0.833. The summed E-state index contributed by atoms with van der Waals surface area (Å²) in [7, 11) is 0. The van der Waals surface area contributed by atoms with Gasteiger partial charge in [-0.15, -0.1) is 0 Å². The molecule has 1 heterocycles. The highest BCUT2D eigenvalue weighted by Gasteiger charge is 2.41. The molecule has 2 rings (SSSR count). The van der Waals surface area contributed by atoms with E-state index in [-0.39, 0.29) is 0 Å². The van der Waals surface area contributed by atoms with Gasteiger partial charge >= 0.3 is 0 Å². The molecule has 1 nitrogen and oxygen atoms in total. The predicted octanol–water partition coefficient (Wildman–Crippen LogP) is 4.29. The van der Waals surface area contributed by atoms with E-state index in [1.165, 1.54) is 64.5 Å². The average Bonchev–Trinajstić information content (AvgIpc) is 2.14. The molecule has 0 amide bonds. The van der Waals surface area contributed by atoms with Gasteiger partial charge in [-0.3, -0.25) is 0 Å². The van der Waals surface area contributed by atoms with Crippen LogP contribution in [0.3, 0.4) is 0 Å². The van der Waals surface area contributed by atoms with Gasteiger partial charge in [-0.1, -0.05) is 51.7 Å². The molecule has 2 fully saturated rings. The fourth-order valence-electron chi connectivity index (χ4n) is 2.23. The minimum atomic E-state index is 0.833. The van der Waals surface area contributed by atoms with Gasteiger partial charge in [-0.05, 0) is 31.1 Å². The van der Waals surface area contributed by atoms with Gasteiger partial charge in [-0.2, -0.15) is 0 Å². The van der Waals surface area contributed by atoms with Gasteiger partial charge in [0.05, 0.1) is 0 Å². The molecule has 0 unspecified atom stereocenters. The van der Waals surface area contributed by atoms with Crippen molar-refractivity contribution in [3.63, 3.8) is 0 Å². The standard InChI is InChI=1S/C9H18.C6H11N/c1-3-5-7-9-8-6-4-2;1-2-6(3-1)4-7-5-6/h7,9H,3-6,8H2,1-2H3;7H,1-5H2/b9-7+;. The summed E-state index contributed by atoms with van der Waals surface area (Å²) in [4.78, 5) is 0. The van der Waals surface area contributed by atoms with Crippen LogP contribution < -0.4 is 5.32 Å². The van der Waals surface area contributed by atoms with Gasteiger partial charge in [-0.25, -0.2) is 0 Å². The number of nitrogens with one attached hydrogen (secondary N) is 1. The van der Waals surface area contributed by atoms with Crippen LogP contribution in [0.2, 0.25) is 0 Å². The van der Waals surface area contributed by atoms with Gasteiger partial charge in [0.25, 0.3) is 0 Å². The SMILES string of the molecule is C1CC2(C1)CNC2.CCC/C=C/CCCC. The fraction of sp³-hybridized carbons (Fsp3) is 0.867. The molecule has 0 aromatic heterocycles. The van der Waals surface area contributed by atoms with Crippen molar-refractivity contribution >= 4 is 0 Å². The Morgan fingerprint density at radius 3 is 2.00 bits per heavy atom. The van der Waals surface area contributed by atoms with Crippen molar-refractivity contribution in [1.29, 1.82) is 0 Å². The molecule has 1 aliphatic heterocycles. The Hall–Kier alpha value is -0.300. The largest absolute Gasteiger partial charge is 0.316 e. The van der Waals surface area contributed by atoms with E-state index in [0.29, 0.717) is 0 Å². The number of hydrogen-bond donors (Lipinski definition) is 1. The molecule has 0 aromatic rings. The van der Waals surface area contributed by atoms with E-state index in [4.69, 9.17) is 0 Å². The smallest absolute Gasteiger partial charge is 0.00202 e. The van der Waals surface area contributed by atoms with Crippen LogP contribution >= 0.6 is 0 Å². The summed E-state index contributed by atoms with van der Waals surface area (Å²) in [5.41, 5.74) is 0.833. The van der Waals surface area contributed by atoms with Crippen LogP contribution in [0.15, 0.2) is 12.2 Å². The van der Waals surface area contributed by atoms with Crippen LogP contribution in [0.4, 0.5) is 0 Å². The molecule has 1 saturated heterocycles. The van der Waals surface area contributed by atoms with Crippen LogP contribution in [0.25, 0.3) is 0 Å². The lowest BCUT2D eigenvalue weighted by atomic mass is 9.65. The zero-order chi connectivity index (χ0) is 11.7.